The standard InChI is InChI=1S/C19H22FN3O4S/c1-27-16-3-2-4-17(13-16)28(25,26)23-11-7-19(20,8-12-23)18(24)22-14-15-5-9-21-10-6-15/h2-6,9-10,13H,7-8,11-12,14H2,1H3,(H,22,24). The molecular weight excluding hydrogens is 385 g/mol. The second kappa shape index (κ2) is 8.24. The molecule has 1 aliphatic rings. The molecule has 2 heterocycles. The van der Waals surface area contributed by atoms with Gasteiger partial charge in [-0.3, -0.25) is 9.78 Å². The van der Waals surface area contributed by atoms with Gasteiger partial charge in [0.15, 0.2) is 5.67 Å². The molecule has 7 nitrogen and oxygen atoms in total. The van der Waals surface area contributed by atoms with Gasteiger partial charge >= 0.3 is 0 Å². The quantitative estimate of drug-likeness (QED) is 0.790. The van der Waals surface area contributed by atoms with Crippen LogP contribution in [-0.4, -0.2) is 49.5 Å². The van der Waals surface area contributed by atoms with Crippen LogP contribution in [0.25, 0.3) is 0 Å². The van der Waals surface area contributed by atoms with E-state index in [1.54, 1.807) is 36.7 Å². The van der Waals surface area contributed by atoms with Crippen LogP contribution < -0.4 is 10.1 Å². The van der Waals surface area contributed by atoms with Crippen molar-refractivity contribution >= 4 is 15.9 Å². The topological polar surface area (TPSA) is 88.6 Å². The van der Waals surface area contributed by atoms with E-state index in [0.29, 0.717) is 5.75 Å². The van der Waals surface area contributed by atoms with E-state index in [2.05, 4.69) is 10.3 Å². The number of halogens is 1. The van der Waals surface area contributed by atoms with Gasteiger partial charge in [-0.25, -0.2) is 12.8 Å². The number of nitrogens with zero attached hydrogens (tertiary/aromatic N) is 2. The van der Waals surface area contributed by atoms with Crippen LogP contribution in [0.3, 0.4) is 0 Å². The molecule has 0 saturated carbocycles. The number of sulfonamides is 1. The molecule has 0 spiro atoms. The first kappa shape index (κ1) is 20.2. The van der Waals surface area contributed by atoms with Gasteiger partial charge in [0.05, 0.1) is 12.0 Å². The molecule has 0 aliphatic carbocycles. The molecule has 1 aromatic heterocycles. The normalized spacial score (nSPS) is 17.1. The Kier molecular flexibility index (Phi) is 5.95. The zero-order valence-electron chi connectivity index (χ0n) is 15.5. The Hall–Kier alpha value is -2.52. The maximum atomic E-state index is 15.1. The van der Waals surface area contributed by atoms with Crippen LogP contribution in [0.5, 0.6) is 5.75 Å². The summed E-state index contributed by atoms with van der Waals surface area (Å²) in [7, 11) is -2.32. The number of hydrogen-bond donors (Lipinski definition) is 1. The third kappa shape index (κ3) is 4.31. The molecule has 0 bridgehead atoms. The van der Waals surface area contributed by atoms with Crippen LogP contribution in [0.15, 0.2) is 53.7 Å². The second-order valence-electron chi connectivity index (χ2n) is 6.59. The summed E-state index contributed by atoms with van der Waals surface area (Å²) in [5.74, 6) is -0.295. The van der Waals surface area contributed by atoms with Crippen LogP contribution in [0.1, 0.15) is 18.4 Å². The number of hydrogen-bond acceptors (Lipinski definition) is 5. The van der Waals surface area contributed by atoms with Crippen molar-refractivity contribution in [1.29, 1.82) is 0 Å². The molecule has 0 unspecified atom stereocenters. The number of carbonyl (C=O) groups is 1. The number of amides is 1. The zero-order valence-corrected chi connectivity index (χ0v) is 16.3. The lowest BCUT2D eigenvalue weighted by Gasteiger charge is -2.34. The SMILES string of the molecule is COc1cccc(S(=O)(=O)N2CCC(F)(C(=O)NCc3ccncc3)CC2)c1. The molecule has 1 N–H and O–H groups in total. The summed E-state index contributed by atoms with van der Waals surface area (Å²) in [5.41, 5.74) is -1.28. The van der Waals surface area contributed by atoms with Gasteiger partial charge in [-0.1, -0.05) is 6.07 Å². The van der Waals surface area contributed by atoms with Crippen molar-refractivity contribution in [2.45, 2.75) is 30.0 Å². The monoisotopic (exact) mass is 407 g/mol. The summed E-state index contributed by atoms with van der Waals surface area (Å²) in [6.45, 7) is 0.0519. The number of pyridine rings is 1. The summed E-state index contributed by atoms with van der Waals surface area (Å²) in [6.07, 6.45) is 2.79. The molecule has 0 radical (unpaired) electrons. The highest BCUT2D eigenvalue weighted by Gasteiger charge is 2.44. The Bertz CT molecular complexity index is 929. The van der Waals surface area contributed by atoms with Crippen LogP contribution in [-0.2, 0) is 21.4 Å². The second-order valence-corrected chi connectivity index (χ2v) is 8.52. The van der Waals surface area contributed by atoms with E-state index in [9.17, 15) is 13.2 Å². The number of ether oxygens (including phenoxy) is 1. The largest absolute Gasteiger partial charge is 0.497 e. The van der Waals surface area contributed by atoms with Gasteiger partial charge in [0.2, 0.25) is 10.0 Å². The summed E-state index contributed by atoms with van der Waals surface area (Å²) < 4.78 is 46.9. The van der Waals surface area contributed by atoms with Gasteiger partial charge in [-0.2, -0.15) is 4.31 Å². The number of piperidine rings is 1. The minimum absolute atomic E-state index is 0.0707. The van der Waals surface area contributed by atoms with E-state index in [0.717, 1.165) is 5.56 Å². The number of rotatable bonds is 6. The lowest BCUT2D eigenvalue weighted by molar-refractivity contribution is -0.135. The van der Waals surface area contributed by atoms with Gasteiger partial charge < -0.3 is 10.1 Å². The molecule has 9 heteroatoms. The minimum Gasteiger partial charge on any atom is -0.497 e. The maximum absolute atomic E-state index is 15.1. The Morgan fingerprint density at radius 1 is 1.25 bits per heavy atom. The Balaban J connectivity index is 1.63. The van der Waals surface area contributed by atoms with Crippen molar-refractivity contribution in [3.05, 3.63) is 54.4 Å². The van der Waals surface area contributed by atoms with E-state index in [1.807, 2.05) is 0 Å². The molecule has 1 saturated heterocycles. The Labute approximate surface area is 163 Å². The van der Waals surface area contributed by atoms with Crippen LogP contribution in [0, 0.1) is 0 Å². The number of aromatic nitrogens is 1. The fraction of sp³-hybridized carbons (Fsp3) is 0.368. The highest BCUT2D eigenvalue weighted by molar-refractivity contribution is 7.89. The van der Waals surface area contributed by atoms with Gasteiger partial charge in [0.25, 0.3) is 5.91 Å². The first-order valence-corrected chi connectivity index (χ1v) is 10.3. The van der Waals surface area contributed by atoms with Crippen LogP contribution in [0.2, 0.25) is 0 Å². The van der Waals surface area contributed by atoms with Gasteiger partial charge in [-0.15, -0.1) is 0 Å². The molecule has 150 valence electrons. The molecule has 28 heavy (non-hydrogen) atoms. The van der Waals surface area contributed by atoms with Crippen molar-refractivity contribution in [2.75, 3.05) is 20.2 Å². The smallest absolute Gasteiger partial charge is 0.258 e. The number of nitrogens with one attached hydrogen (secondary N) is 1. The molecule has 2 aromatic rings. The predicted molar refractivity (Wildman–Crippen MR) is 101 cm³/mol. The molecular formula is C19H22FN3O4S. The average molecular weight is 407 g/mol. The number of benzene rings is 1. The molecule has 1 amide bonds. The first-order valence-electron chi connectivity index (χ1n) is 8.85. The van der Waals surface area contributed by atoms with Gasteiger partial charge in [0.1, 0.15) is 5.75 Å². The fourth-order valence-corrected chi connectivity index (χ4v) is 4.54. The third-order valence-corrected chi connectivity index (χ3v) is 6.70. The van der Waals surface area contributed by atoms with Crippen molar-refractivity contribution in [3.63, 3.8) is 0 Å². The molecule has 0 atom stereocenters. The van der Waals surface area contributed by atoms with Gasteiger partial charge in [-0.05, 0) is 29.8 Å². The maximum Gasteiger partial charge on any atom is 0.258 e. The number of carbonyl (C=O) groups excluding carboxylic acids is 1. The van der Waals surface area contributed by atoms with Crippen LogP contribution in [0.4, 0.5) is 4.39 Å². The summed E-state index contributed by atoms with van der Waals surface area (Å²) in [5, 5.41) is 2.58. The summed E-state index contributed by atoms with van der Waals surface area (Å²) in [4.78, 5) is 16.3. The molecule has 1 aromatic carbocycles. The predicted octanol–water partition coefficient (Wildman–Crippen LogP) is 1.90. The highest BCUT2D eigenvalue weighted by Crippen LogP contribution is 2.31. The summed E-state index contributed by atoms with van der Waals surface area (Å²) >= 11 is 0. The molecule has 1 aliphatic heterocycles. The zero-order chi connectivity index (χ0) is 20.2. The molecule has 1 fully saturated rings. The lowest BCUT2D eigenvalue weighted by Crippen LogP contribution is -2.52. The van der Waals surface area contributed by atoms with E-state index < -0.39 is 21.6 Å². The average Bonchev–Trinajstić information content (AvgIpc) is 2.73. The van der Waals surface area contributed by atoms with E-state index in [4.69, 9.17) is 4.74 Å². The molecule has 3 rings (SSSR count). The first-order chi connectivity index (χ1) is 13.3. The number of alkyl halides is 1. The van der Waals surface area contributed by atoms with Crippen molar-refractivity contribution < 1.29 is 22.3 Å². The van der Waals surface area contributed by atoms with Crippen molar-refractivity contribution in [3.8, 4) is 5.75 Å². The Morgan fingerprint density at radius 2 is 1.93 bits per heavy atom. The highest BCUT2D eigenvalue weighted by atomic mass is 32.2. The van der Waals surface area contributed by atoms with E-state index >= 15 is 4.39 Å². The summed E-state index contributed by atoms with van der Waals surface area (Å²) in [6, 6.07) is 9.59. The van der Waals surface area contributed by atoms with E-state index in [1.165, 1.54) is 23.5 Å². The van der Waals surface area contributed by atoms with Gasteiger partial charge in [0, 0.05) is 50.9 Å². The minimum atomic E-state index is -3.78. The van der Waals surface area contributed by atoms with Crippen molar-refractivity contribution in [2.24, 2.45) is 0 Å². The van der Waals surface area contributed by atoms with Crippen LogP contribution >= 0.6 is 0 Å². The van der Waals surface area contributed by atoms with Crippen molar-refractivity contribution in [1.82, 2.24) is 14.6 Å². The third-order valence-electron chi connectivity index (χ3n) is 4.80. The van der Waals surface area contributed by atoms with E-state index in [-0.39, 0.29) is 37.4 Å². The number of methoxy groups -OCH3 is 1. The Morgan fingerprint density at radius 3 is 2.57 bits per heavy atom. The fourth-order valence-electron chi connectivity index (χ4n) is 3.06. The lowest BCUT2D eigenvalue weighted by atomic mass is 9.93.